The SMILES string of the molecule is CN(CCC=O)Cc1ccncc1. The molecule has 0 saturated carbocycles. The summed E-state index contributed by atoms with van der Waals surface area (Å²) < 4.78 is 0. The topological polar surface area (TPSA) is 33.2 Å². The molecule has 3 nitrogen and oxygen atoms in total. The fourth-order valence-corrected chi connectivity index (χ4v) is 1.15. The van der Waals surface area contributed by atoms with Gasteiger partial charge in [0.1, 0.15) is 6.29 Å². The van der Waals surface area contributed by atoms with E-state index in [0.29, 0.717) is 6.42 Å². The molecule has 0 amide bonds. The number of rotatable bonds is 5. The molecule has 0 N–H and O–H groups in total. The molecule has 1 rings (SSSR count). The van der Waals surface area contributed by atoms with Gasteiger partial charge >= 0.3 is 0 Å². The first kappa shape index (κ1) is 9.86. The van der Waals surface area contributed by atoms with Crippen LogP contribution in [0.25, 0.3) is 0 Å². The molecule has 70 valence electrons. The summed E-state index contributed by atoms with van der Waals surface area (Å²) in [5.41, 5.74) is 1.23. The molecule has 0 atom stereocenters. The van der Waals surface area contributed by atoms with Gasteiger partial charge in [0.05, 0.1) is 0 Å². The predicted octanol–water partition coefficient (Wildman–Crippen LogP) is 1.10. The maximum atomic E-state index is 10.1. The molecule has 0 spiro atoms. The van der Waals surface area contributed by atoms with Gasteiger partial charge in [-0.2, -0.15) is 0 Å². The van der Waals surface area contributed by atoms with E-state index in [1.54, 1.807) is 12.4 Å². The molecule has 0 aliphatic carbocycles. The Hall–Kier alpha value is -1.22. The number of pyridine rings is 1. The number of carbonyl (C=O) groups is 1. The Morgan fingerprint density at radius 3 is 2.77 bits per heavy atom. The number of nitrogens with zero attached hydrogens (tertiary/aromatic N) is 2. The van der Waals surface area contributed by atoms with Crippen molar-refractivity contribution in [3.05, 3.63) is 30.1 Å². The summed E-state index contributed by atoms with van der Waals surface area (Å²) in [6.07, 6.45) is 5.11. The van der Waals surface area contributed by atoms with Crippen molar-refractivity contribution < 1.29 is 4.79 Å². The fourth-order valence-electron chi connectivity index (χ4n) is 1.15. The summed E-state index contributed by atoms with van der Waals surface area (Å²) in [6.45, 7) is 1.68. The van der Waals surface area contributed by atoms with Crippen molar-refractivity contribution in [1.82, 2.24) is 9.88 Å². The second-order valence-corrected chi connectivity index (χ2v) is 3.05. The summed E-state index contributed by atoms with van der Waals surface area (Å²) in [5, 5.41) is 0. The van der Waals surface area contributed by atoms with Crippen molar-refractivity contribution in [1.29, 1.82) is 0 Å². The molecule has 13 heavy (non-hydrogen) atoms. The van der Waals surface area contributed by atoms with Gasteiger partial charge in [-0.05, 0) is 24.7 Å². The first-order valence-corrected chi connectivity index (χ1v) is 4.34. The minimum atomic E-state index is 0.599. The predicted molar refractivity (Wildman–Crippen MR) is 51.3 cm³/mol. The lowest BCUT2D eigenvalue weighted by atomic mass is 10.2. The highest BCUT2D eigenvalue weighted by molar-refractivity contribution is 5.49. The molecule has 0 aliphatic heterocycles. The maximum Gasteiger partial charge on any atom is 0.121 e. The quantitative estimate of drug-likeness (QED) is 0.633. The molecule has 0 saturated heterocycles. The van der Waals surface area contributed by atoms with E-state index in [9.17, 15) is 4.79 Å². The highest BCUT2D eigenvalue weighted by Crippen LogP contribution is 2.00. The second kappa shape index (κ2) is 5.43. The van der Waals surface area contributed by atoms with E-state index < -0.39 is 0 Å². The molecule has 0 radical (unpaired) electrons. The third-order valence-electron chi connectivity index (χ3n) is 1.83. The van der Waals surface area contributed by atoms with Gasteiger partial charge in [0.25, 0.3) is 0 Å². The largest absolute Gasteiger partial charge is 0.303 e. The lowest BCUT2D eigenvalue weighted by Crippen LogP contribution is -2.19. The molecule has 0 unspecified atom stereocenters. The first-order valence-electron chi connectivity index (χ1n) is 4.34. The standard InChI is InChI=1S/C10H14N2O/c1-12(7-2-8-13)9-10-3-5-11-6-4-10/h3-6,8H,2,7,9H2,1H3. The van der Waals surface area contributed by atoms with E-state index in [-0.39, 0.29) is 0 Å². The lowest BCUT2D eigenvalue weighted by molar-refractivity contribution is -0.108. The average Bonchev–Trinajstić information content (AvgIpc) is 2.16. The molecule has 0 fully saturated rings. The van der Waals surface area contributed by atoms with Crippen LogP contribution in [-0.2, 0) is 11.3 Å². The molecule has 0 aliphatic rings. The van der Waals surface area contributed by atoms with E-state index in [2.05, 4.69) is 9.88 Å². The third-order valence-corrected chi connectivity index (χ3v) is 1.83. The zero-order valence-corrected chi connectivity index (χ0v) is 7.81. The minimum absolute atomic E-state index is 0.599. The van der Waals surface area contributed by atoms with E-state index >= 15 is 0 Å². The van der Waals surface area contributed by atoms with Crippen LogP contribution in [0.15, 0.2) is 24.5 Å². The van der Waals surface area contributed by atoms with Crippen molar-refractivity contribution >= 4 is 6.29 Å². The summed E-state index contributed by atoms with van der Waals surface area (Å²) in [6, 6.07) is 3.97. The van der Waals surface area contributed by atoms with Gasteiger partial charge in [0, 0.05) is 31.9 Å². The molecule has 1 heterocycles. The summed E-state index contributed by atoms with van der Waals surface area (Å²) in [7, 11) is 2.00. The van der Waals surface area contributed by atoms with Crippen LogP contribution in [0.3, 0.4) is 0 Å². The normalized spacial score (nSPS) is 10.3. The Labute approximate surface area is 78.4 Å². The fraction of sp³-hybridized carbons (Fsp3) is 0.400. The number of aldehydes is 1. The minimum Gasteiger partial charge on any atom is -0.303 e. The van der Waals surface area contributed by atoms with Crippen LogP contribution >= 0.6 is 0 Å². The lowest BCUT2D eigenvalue weighted by Gasteiger charge is -2.14. The number of aromatic nitrogens is 1. The van der Waals surface area contributed by atoms with E-state index in [1.165, 1.54) is 5.56 Å². The monoisotopic (exact) mass is 178 g/mol. The van der Waals surface area contributed by atoms with Crippen molar-refractivity contribution in [3.63, 3.8) is 0 Å². The van der Waals surface area contributed by atoms with Crippen LogP contribution in [0.2, 0.25) is 0 Å². The highest BCUT2D eigenvalue weighted by Gasteiger charge is 1.98. The van der Waals surface area contributed by atoms with Gasteiger partial charge in [0.2, 0.25) is 0 Å². The molecular formula is C10H14N2O. The van der Waals surface area contributed by atoms with Crippen LogP contribution in [0, 0.1) is 0 Å². The Kier molecular flexibility index (Phi) is 4.12. The molecular weight excluding hydrogens is 164 g/mol. The molecule has 1 aromatic heterocycles. The zero-order chi connectivity index (χ0) is 9.52. The molecule has 0 bridgehead atoms. The third kappa shape index (κ3) is 3.80. The Bertz CT molecular complexity index is 248. The second-order valence-electron chi connectivity index (χ2n) is 3.05. The van der Waals surface area contributed by atoms with Crippen molar-refractivity contribution in [3.8, 4) is 0 Å². The average molecular weight is 178 g/mol. The molecule has 3 heteroatoms. The molecule has 1 aromatic rings. The zero-order valence-electron chi connectivity index (χ0n) is 7.81. The molecule has 0 aromatic carbocycles. The van der Waals surface area contributed by atoms with E-state index in [0.717, 1.165) is 19.4 Å². The summed E-state index contributed by atoms with van der Waals surface area (Å²) in [5.74, 6) is 0. The van der Waals surface area contributed by atoms with Gasteiger partial charge in [0.15, 0.2) is 0 Å². The van der Waals surface area contributed by atoms with Gasteiger partial charge < -0.3 is 9.69 Å². The number of hydrogen-bond donors (Lipinski definition) is 0. The van der Waals surface area contributed by atoms with Crippen LogP contribution in [0.5, 0.6) is 0 Å². The van der Waals surface area contributed by atoms with E-state index in [1.807, 2.05) is 19.2 Å². The maximum absolute atomic E-state index is 10.1. The van der Waals surface area contributed by atoms with Gasteiger partial charge in [-0.3, -0.25) is 4.98 Å². The van der Waals surface area contributed by atoms with Crippen molar-refractivity contribution in [2.75, 3.05) is 13.6 Å². The van der Waals surface area contributed by atoms with Gasteiger partial charge in [-0.15, -0.1) is 0 Å². The Morgan fingerprint density at radius 2 is 2.15 bits per heavy atom. The smallest absolute Gasteiger partial charge is 0.121 e. The van der Waals surface area contributed by atoms with Gasteiger partial charge in [-0.1, -0.05) is 0 Å². The van der Waals surface area contributed by atoms with Crippen molar-refractivity contribution in [2.24, 2.45) is 0 Å². The van der Waals surface area contributed by atoms with Crippen LogP contribution < -0.4 is 0 Å². The van der Waals surface area contributed by atoms with Crippen LogP contribution in [-0.4, -0.2) is 29.8 Å². The Balaban J connectivity index is 2.36. The summed E-state index contributed by atoms with van der Waals surface area (Å²) >= 11 is 0. The Morgan fingerprint density at radius 1 is 1.46 bits per heavy atom. The van der Waals surface area contributed by atoms with Crippen LogP contribution in [0.4, 0.5) is 0 Å². The number of hydrogen-bond acceptors (Lipinski definition) is 3. The van der Waals surface area contributed by atoms with Crippen molar-refractivity contribution in [2.45, 2.75) is 13.0 Å². The van der Waals surface area contributed by atoms with Gasteiger partial charge in [-0.25, -0.2) is 0 Å². The summed E-state index contributed by atoms with van der Waals surface area (Å²) in [4.78, 5) is 16.2. The van der Waals surface area contributed by atoms with Crippen LogP contribution in [0.1, 0.15) is 12.0 Å². The van der Waals surface area contributed by atoms with E-state index in [4.69, 9.17) is 0 Å². The highest BCUT2D eigenvalue weighted by atomic mass is 16.1. The number of carbonyl (C=O) groups excluding carboxylic acids is 1. The first-order chi connectivity index (χ1) is 6.33.